The van der Waals surface area contributed by atoms with Gasteiger partial charge in [0.15, 0.2) is 6.29 Å². The molecule has 8 heteroatoms. The third kappa shape index (κ3) is 6.99. The molecule has 2 aliphatic rings. The lowest BCUT2D eigenvalue weighted by Crippen LogP contribution is -2.44. The van der Waals surface area contributed by atoms with E-state index in [1.165, 1.54) is 11.3 Å². The molecule has 0 spiro atoms. The molecule has 8 nitrogen and oxygen atoms in total. The van der Waals surface area contributed by atoms with Crippen molar-refractivity contribution in [2.45, 2.75) is 64.0 Å². The summed E-state index contributed by atoms with van der Waals surface area (Å²) in [5.41, 5.74) is 10.5. The first-order chi connectivity index (χ1) is 18.4. The van der Waals surface area contributed by atoms with Crippen molar-refractivity contribution < 1.29 is 14.2 Å². The zero-order valence-electron chi connectivity index (χ0n) is 23.4. The van der Waals surface area contributed by atoms with Gasteiger partial charge in [-0.2, -0.15) is 0 Å². The van der Waals surface area contributed by atoms with Crippen LogP contribution in [0.25, 0.3) is 5.70 Å². The first-order valence-electron chi connectivity index (χ1n) is 13.8. The fourth-order valence-corrected chi connectivity index (χ4v) is 5.65. The summed E-state index contributed by atoms with van der Waals surface area (Å²) >= 11 is 0. The van der Waals surface area contributed by atoms with E-state index in [-0.39, 0.29) is 18.4 Å². The van der Waals surface area contributed by atoms with Gasteiger partial charge in [0, 0.05) is 56.2 Å². The lowest BCUT2D eigenvalue weighted by molar-refractivity contribution is -0.189. The SMILES string of the molecule is COC1CC(N(C)CCCOc2ccc(/C(=C/N)N(N)CC(C)N3CCc4ccccc43)cc2)CC(C)O1. The summed E-state index contributed by atoms with van der Waals surface area (Å²) in [6.07, 6.45) is 5.64. The van der Waals surface area contributed by atoms with Gasteiger partial charge in [0.05, 0.1) is 25.0 Å². The molecule has 208 valence electrons. The van der Waals surface area contributed by atoms with Crippen molar-refractivity contribution in [2.24, 2.45) is 11.6 Å². The molecule has 2 aromatic carbocycles. The van der Waals surface area contributed by atoms with Gasteiger partial charge in [0.2, 0.25) is 0 Å². The van der Waals surface area contributed by atoms with E-state index in [1.54, 1.807) is 18.3 Å². The fourth-order valence-electron chi connectivity index (χ4n) is 5.65. The molecule has 0 radical (unpaired) electrons. The molecule has 38 heavy (non-hydrogen) atoms. The molecule has 2 aliphatic heterocycles. The number of fused-ring (bicyclic) bond motifs is 1. The molecule has 0 aliphatic carbocycles. The number of anilines is 1. The largest absolute Gasteiger partial charge is 0.494 e. The summed E-state index contributed by atoms with van der Waals surface area (Å²) in [5, 5.41) is 1.75. The Morgan fingerprint density at radius 2 is 1.95 bits per heavy atom. The minimum Gasteiger partial charge on any atom is -0.494 e. The minimum absolute atomic E-state index is 0.113. The number of methoxy groups -OCH3 is 1. The summed E-state index contributed by atoms with van der Waals surface area (Å²) in [6, 6.07) is 17.3. The molecule has 0 bridgehead atoms. The third-order valence-electron chi connectivity index (χ3n) is 7.80. The van der Waals surface area contributed by atoms with E-state index in [0.29, 0.717) is 19.2 Å². The number of hydrazine groups is 1. The van der Waals surface area contributed by atoms with Crippen LogP contribution in [-0.2, 0) is 15.9 Å². The maximum Gasteiger partial charge on any atom is 0.159 e. The molecule has 0 amide bonds. The molecule has 2 aromatic rings. The molecule has 0 saturated carbocycles. The van der Waals surface area contributed by atoms with Crippen molar-refractivity contribution in [1.29, 1.82) is 0 Å². The lowest BCUT2D eigenvalue weighted by atomic mass is 10.0. The van der Waals surface area contributed by atoms with E-state index < -0.39 is 0 Å². The Balaban J connectivity index is 1.23. The summed E-state index contributed by atoms with van der Waals surface area (Å²) in [7, 11) is 3.89. The molecular formula is C30H45N5O3. The zero-order chi connectivity index (χ0) is 27.1. The molecule has 0 aromatic heterocycles. The first kappa shape index (κ1) is 28.2. The van der Waals surface area contributed by atoms with E-state index >= 15 is 0 Å². The van der Waals surface area contributed by atoms with Crippen LogP contribution in [0.1, 0.15) is 44.2 Å². The summed E-state index contributed by atoms with van der Waals surface area (Å²) < 4.78 is 17.3. The number of hydrogen-bond acceptors (Lipinski definition) is 8. The maximum absolute atomic E-state index is 6.51. The molecule has 1 fully saturated rings. The van der Waals surface area contributed by atoms with Gasteiger partial charge in [-0.25, -0.2) is 5.84 Å². The smallest absolute Gasteiger partial charge is 0.159 e. The third-order valence-corrected chi connectivity index (χ3v) is 7.80. The predicted octanol–water partition coefficient (Wildman–Crippen LogP) is 3.81. The van der Waals surface area contributed by atoms with E-state index in [4.69, 9.17) is 25.8 Å². The van der Waals surface area contributed by atoms with Gasteiger partial charge in [0.25, 0.3) is 0 Å². The van der Waals surface area contributed by atoms with Crippen LogP contribution in [0, 0.1) is 0 Å². The van der Waals surface area contributed by atoms with Crippen molar-refractivity contribution >= 4 is 11.4 Å². The Morgan fingerprint density at radius 1 is 1.18 bits per heavy atom. The second-order valence-electron chi connectivity index (χ2n) is 10.6. The number of para-hydroxylation sites is 1. The van der Waals surface area contributed by atoms with Gasteiger partial charge in [0.1, 0.15) is 5.75 Å². The van der Waals surface area contributed by atoms with Crippen LogP contribution in [0.4, 0.5) is 5.69 Å². The van der Waals surface area contributed by atoms with E-state index in [1.807, 2.05) is 24.3 Å². The lowest BCUT2D eigenvalue weighted by Gasteiger charge is -2.37. The summed E-state index contributed by atoms with van der Waals surface area (Å²) in [5.74, 6) is 7.35. The fraction of sp³-hybridized carbons (Fsp3) is 0.533. The number of nitrogens with zero attached hydrogens (tertiary/aromatic N) is 3. The van der Waals surface area contributed by atoms with Crippen molar-refractivity contribution in [1.82, 2.24) is 9.91 Å². The monoisotopic (exact) mass is 523 g/mol. The number of ether oxygens (including phenoxy) is 3. The van der Waals surface area contributed by atoms with Crippen LogP contribution in [-0.4, -0.2) is 74.8 Å². The summed E-state index contributed by atoms with van der Waals surface area (Å²) in [6.45, 7) is 7.63. The highest BCUT2D eigenvalue weighted by atomic mass is 16.7. The second kappa shape index (κ2) is 13.3. The van der Waals surface area contributed by atoms with Crippen molar-refractivity contribution in [3.63, 3.8) is 0 Å². The number of benzene rings is 2. The topological polar surface area (TPSA) is 89.5 Å². The van der Waals surface area contributed by atoms with Gasteiger partial charge in [-0.3, -0.25) is 0 Å². The number of hydrogen-bond donors (Lipinski definition) is 2. The van der Waals surface area contributed by atoms with Crippen LogP contribution in [0.3, 0.4) is 0 Å². The number of rotatable bonds is 12. The molecule has 4 unspecified atom stereocenters. The Kier molecular flexibility index (Phi) is 9.91. The normalized spacial score (nSPS) is 22.4. The van der Waals surface area contributed by atoms with Crippen LogP contribution < -0.4 is 21.2 Å². The quantitative estimate of drug-likeness (QED) is 0.247. The average Bonchev–Trinajstić information content (AvgIpc) is 3.36. The van der Waals surface area contributed by atoms with Crippen molar-refractivity contribution in [2.75, 3.05) is 45.3 Å². The van der Waals surface area contributed by atoms with Crippen molar-refractivity contribution in [3.05, 3.63) is 65.9 Å². The molecule has 1 saturated heterocycles. The van der Waals surface area contributed by atoms with Crippen LogP contribution >= 0.6 is 0 Å². The van der Waals surface area contributed by atoms with E-state index in [0.717, 1.165) is 55.8 Å². The number of nitrogens with two attached hydrogens (primary N) is 2. The molecule has 4 atom stereocenters. The van der Waals surface area contributed by atoms with Gasteiger partial charge < -0.3 is 34.8 Å². The zero-order valence-corrected chi connectivity index (χ0v) is 23.4. The summed E-state index contributed by atoms with van der Waals surface area (Å²) in [4.78, 5) is 4.82. The highest BCUT2D eigenvalue weighted by molar-refractivity contribution is 5.64. The molecular weight excluding hydrogens is 478 g/mol. The minimum atomic E-state index is -0.113. The van der Waals surface area contributed by atoms with Crippen molar-refractivity contribution in [3.8, 4) is 5.75 Å². The first-order valence-corrected chi connectivity index (χ1v) is 13.8. The highest BCUT2D eigenvalue weighted by Gasteiger charge is 2.29. The van der Waals surface area contributed by atoms with Gasteiger partial charge in [-0.15, -0.1) is 0 Å². The maximum atomic E-state index is 6.51. The molecule has 4 N–H and O–H groups in total. The van der Waals surface area contributed by atoms with Gasteiger partial charge in [-0.05, 0) is 76.1 Å². The Bertz CT molecular complexity index is 1050. The van der Waals surface area contributed by atoms with Gasteiger partial charge >= 0.3 is 0 Å². The average molecular weight is 524 g/mol. The van der Waals surface area contributed by atoms with Crippen LogP contribution in [0.2, 0.25) is 0 Å². The van der Waals surface area contributed by atoms with E-state index in [9.17, 15) is 0 Å². The highest BCUT2D eigenvalue weighted by Crippen LogP contribution is 2.30. The molecule has 2 heterocycles. The van der Waals surface area contributed by atoms with Crippen LogP contribution in [0.15, 0.2) is 54.7 Å². The molecule has 4 rings (SSSR count). The second-order valence-corrected chi connectivity index (χ2v) is 10.6. The Labute approximate surface area is 228 Å². The van der Waals surface area contributed by atoms with E-state index in [2.05, 4.69) is 55.0 Å². The van der Waals surface area contributed by atoms with Crippen LogP contribution in [0.5, 0.6) is 5.75 Å². The predicted molar refractivity (Wildman–Crippen MR) is 154 cm³/mol. The Hall–Kier alpha value is -2.78. The Morgan fingerprint density at radius 3 is 2.68 bits per heavy atom. The standard InChI is InChI=1S/C30H45N5O3/c1-22(34-16-14-24-8-5-6-9-28(24)34)21-35(32)29(20-31)25-10-12-27(13-11-25)37-17-7-15-33(3)26-18-23(2)38-30(19-26)36-4/h5-6,8-13,20,22-23,26,30H,7,14-19,21,31-32H2,1-4H3/b29-20-. The van der Waals surface area contributed by atoms with Gasteiger partial charge in [-0.1, -0.05) is 18.2 Å².